The van der Waals surface area contributed by atoms with Crippen molar-refractivity contribution in [2.75, 3.05) is 4.90 Å². The lowest BCUT2D eigenvalue weighted by molar-refractivity contribution is 0.217. The largest absolute Gasteiger partial charge is 0.487 e. The highest BCUT2D eigenvalue weighted by Crippen LogP contribution is 2.46. The summed E-state index contributed by atoms with van der Waals surface area (Å²) in [4.78, 5) is 2.27. The van der Waals surface area contributed by atoms with Gasteiger partial charge in [-0.2, -0.15) is 0 Å². The van der Waals surface area contributed by atoms with Crippen LogP contribution in [0.1, 0.15) is 11.1 Å². The van der Waals surface area contributed by atoms with Crippen LogP contribution in [0.2, 0.25) is 5.82 Å². The van der Waals surface area contributed by atoms with Crippen LogP contribution < -0.4 is 25.3 Å². The monoisotopic (exact) mass is 557 g/mol. The van der Waals surface area contributed by atoms with Crippen molar-refractivity contribution in [1.82, 2.24) is 0 Å². The molecule has 206 valence electrons. The topological polar surface area (TPSA) is 34.8 Å². The lowest BCUT2D eigenvalue weighted by atomic mass is 9.30. The summed E-state index contributed by atoms with van der Waals surface area (Å²) in [5.41, 5.74) is 9.63. The van der Waals surface area contributed by atoms with Gasteiger partial charge >= 0.3 is 0 Å². The molecule has 0 spiro atoms. The van der Waals surface area contributed by atoms with Crippen molar-refractivity contribution in [2.45, 2.75) is 25.8 Å². The van der Waals surface area contributed by atoms with Crippen LogP contribution in [0.3, 0.4) is 0 Å². The van der Waals surface area contributed by atoms with Gasteiger partial charge in [-0.1, -0.05) is 83.9 Å². The normalized spacial score (nSPS) is 18.1. The Balaban J connectivity index is 1.27. The van der Waals surface area contributed by atoms with E-state index in [1.54, 1.807) is 0 Å². The molecule has 4 nitrogen and oxygen atoms in total. The summed E-state index contributed by atoms with van der Waals surface area (Å²) < 4.78 is 20.1. The van der Waals surface area contributed by atoms with Gasteiger partial charge < -0.3 is 18.8 Å². The van der Waals surface area contributed by atoms with Gasteiger partial charge in [-0.15, -0.1) is 0 Å². The number of rotatable bonds is 3. The predicted octanol–water partition coefficient (Wildman–Crippen LogP) is 7.96. The first-order chi connectivity index (χ1) is 21.1. The third kappa shape index (κ3) is 3.71. The van der Waals surface area contributed by atoms with Gasteiger partial charge in [-0.25, -0.2) is 0 Å². The first kappa shape index (κ1) is 24.4. The molecule has 6 aromatic rings. The fraction of sp³-hybridized carbons (Fsp3) is 0.105. The molecule has 0 radical (unpaired) electrons. The molecule has 5 heteroatoms. The number of para-hydroxylation sites is 3. The van der Waals surface area contributed by atoms with Gasteiger partial charge in [0.1, 0.15) is 28.9 Å². The number of allylic oxidation sites excluding steroid dienone is 1. The molecule has 2 unspecified atom stereocenters. The molecular formula is C38H28BNO3. The number of aryl methyl sites for hydroxylation is 2. The van der Waals surface area contributed by atoms with E-state index in [-0.39, 0.29) is 18.6 Å². The Labute approximate surface area is 250 Å². The molecular weight excluding hydrogens is 529 g/mol. The Morgan fingerprint density at radius 3 is 2.26 bits per heavy atom. The Kier molecular flexibility index (Phi) is 5.21. The Morgan fingerprint density at radius 2 is 1.42 bits per heavy atom. The smallest absolute Gasteiger partial charge is 0.234 e. The number of fused-ring (bicyclic) bond motifs is 7. The van der Waals surface area contributed by atoms with Crippen molar-refractivity contribution >= 4 is 51.0 Å². The number of furan rings is 1. The first-order valence-corrected chi connectivity index (χ1v) is 14.9. The van der Waals surface area contributed by atoms with E-state index in [1.165, 1.54) is 22.1 Å². The lowest BCUT2D eigenvalue weighted by Crippen LogP contribution is -2.58. The van der Waals surface area contributed by atoms with E-state index < -0.39 is 0 Å². The van der Waals surface area contributed by atoms with E-state index in [4.69, 9.17) is 13.9 Å². The zero-order valence-corrected chi connectivity index (χ0v) is 24.0. The van der Waals surface area contributed by atoms with Crippen LogP contribution in [0.5, 0.6) is 11.5 Å². The van der Waals surface area contributed by atoms with Crippen molar-refractivity contribution in [3.8, 4) is 11.5 Å². The quantitative estimate of drug-likeness (QED) is 0.207. The number of hydrogen-bond donors (Lipinski definition) is 0. The second-order valence-electron chi connectivity index (χ2n) is 11.8. The fourth-order valence-corrected chi connectivity index (χ4v) is 7.18. The van der Waals surface area contributed by atoms with Gasteiger partial charge in [0.05, 0.1) is 5.69 Å². The average molecular weight is 557 g/mol. The van der Waals surface area contributed by atoms with Gasteiger partial charge in [0.15, 0.2) is 5.58 Å². The summed E-state index contributed by atoms with van der Waals surface area (Å²) in [6.45, 7) is 4.44. The fourth-order valence-electron chi connectivity index (χ4n) is 7.18. The van der Waals surface area contributed by atoms with Gasteiger partial charge in [0.2, 0.25) is 6.71 Å². The van der Waals surface area contributed by atoms with E-state index in [0.717, 1.165) is 56.3 Å². The summed E-state index contributed by atoms with van der Waals surface area (Å²) in [5.74, 6) is 2.81. The van der Waals surface area contributed by atoms with Gasteiger partial charge in [-0.3, -0.25) is 0 Å². The van der Waals surface area contributed by atoms with E-state index in [0.29, 0.717) is 0 Å². The Hall–Kier alpha value is -5.16. The van der Waals surface area contributed by atoms with Crippen LogP contribution >= 0.6 is 0 Å². The highest BCUT2D eigenvalue weighted by Gasteiger charge is 2.50. The first-order valence-electron chi connectivity index (χ1n) is 14.9. The SMILES string of the molecule is Cc1ccc2c(c1)B1c3cc(C)ccc3OC3C=C(N(c4ccccc4)c4cccc5c4oc4ccccc45)C=C(O2)C13. The zero-order chi connectivity index (χ0) is 28.7. The molecule has 3 aliphatic rings. The van der Waals surface area contributed by atoms with Crippen molar-refractivity contribution in [1.29, 1.82) is 0 Å². The number of nitrogens with zero attached hydrogens (tertiary/aromatic N) is 1. The molecule has 1 aromatic heterocycles. The van der Waals surface area contributed by atoms with Gasteiger partial charge in [-0.05, 0) is 67.2 Å². The average Bonchev–Trinajstić information content (AvgIpc) is 3.41. The second-order valence-corrected chi connectivity index (χ2v) is 11.8. The molecule has 3 heterocycles. The molecule has 0 bridgehead atoms. The van der Waals surface area contributed by atoms with Crippen molar-refractivity contribution in [2.24, 2.45) is 0 Å². The predicted molar refractivity (Wildman–Crippen MR) is 175 cm³/mol. The molecule has 2 atom stereocenters. The Morgan fingerprint density at radius 1 is 0.698 bits per heavy atom. The summed E-state index contributed by atoms with van der Waals surface area (Å²) in [5, 5.41) is 2.20. The Bertz CT molecular complexity index is 2140. The van der Waals surface area contributed by atoms with Crippen molar-refractivity contribution in [3.05, 3.63) is 144 Å². The standard InChI is InChI=1S/C38H28BNO3/c1-23-15-17-33-29(19-23)39-30-20-24(2)16-18-34(30)42-36-22-26(21-35(41-33)37(36)39)40(25-9-4-3-5-10-25)31-13-8-12-28-27-11-6-7-14-32(27)43-38(28)31/h3-22,35,37H,1-2H3. The van der Waals surface area contributed by atoms with E-state index in [2.05, 4.69) is 122 Å². The summed E-state index contributed by atoms with van der Waals surface area (Å²) >= 11 is 0. The highest BCUT2D eigenvalue weighted by molar-refractivity contribution is 6.88. The second kappa shape index (κ2) is 9.17. The molecule has 0 fully saturated rings. The summed E-state index contributed by atoms with van der Waals surface area (Å²) in [7, 11) is 0. The minimum absolute atomic E-state index is 0.0342. The van der Waals surface area contributed by atoms with Crippen LogP contribution in [0.25, 0.3) is 21.9 Å². The number of benzene rings is 5. The number of ether oxygens (including phenoxy) is 2. The van der Waals surface area contributed by atoms with Crippen LogP contribution in [-0.2, 0) is 0 Å². The molecule has 5 aromatic carbocycles. The van der Waals surface area contributed by atoms with Gasteiger partial charge in [0, 0.05) is 34.1 Å². The van der Waals surface area contributed by atoms with Crippen LogP contribution in [0.15, 0.2) is 137 Å². The van der Waals surface area contributed by atoms with E-state index in [9.17, 15) is 0 Å². The number of anilines is 2. The minimum atomic E-state index is -0.204. The molecule has 0 amide bonds. The van der Waals surface area contributed by atoms with E-state index >= 15 is 0 Å². The minimum Gasteiger partial charge on any atom is -0.487 e. The van der Waals surface area contributed by atoms with Crippen molar-refractivity contribution < 1.29 is 13.9 Å². The lowest BCUT2D eigenvalue weighted by Gasteiger charge is -2.44. The molecule has 9 rings (SSSR count). The zero-order valence-electron chi connectivity index (χ0n) is 24.0. The number of hydrogen-bond acceptors (Lipinski definition) is 4. The summed E-state index contributed by atoms with van der Waals surface area (Å²) in [6, 6.07) is 38.1. The van der Waals surface area contributed by atoms with E-state index in [1.807, 2.05) is 18.2 Å². The highest BCUT2D eigenvalue weighted by atomic mass is 16.5. The maximum atomic E-state index is 6.81. The molecule has 43 heavy (non-hydrogen) atoms. The molecule has 1 aliphatic carbocycles. The molecule has 0 N–H and O–H groups in total. The third-order valence-corrected chi connectivity index (χ3v) is 9.06. The molecule has 0 saturated heterocycles. The molecule has 2 aliphatic heterocycles. The maximum absolute atomic E-state index is 6.81. The van der Waals surface area contributed by atoms with Crippen LogP contribution in [-0.4, -0.2) is 12.8 Å². The summed E-state index contributed by atoms with van der Waals surface area (Å²) in [6.07, 6.45) is 4.27. The third-order valence-electron chi connectivity index (χ3n) is 9.06. The van der Waals surface area contributed by atoms with Crippen molar-refractivity contribution in [3.63, 3.8) is 0 Å². The van der Waals surface area contributed by atoms with Gasteiger partial charge in [0.25, 0.3) is 0 Å². The maximum Gasteiger partial charge on any atom is 0.234 e. The van der Waals surface area contributed by atoms with Crippen LogP contribution in [0, 0.1) is 13.8 Å². The van der Waals surface area contributed by atoms with Crippen LogP contribution in [0.4, 0.5) is 11.4 Å². The molecule has 0 saturated carbocycles.